The molecule has 104 valence electrons. The average molecular weight is 264 g/mol. The number of nitrogens with two attached hydrogens (primary N) is 1. The van der Waals surface area contributed by atoms with Crippen molar-refractivity contribution in [3.05, 3.63) is 23.8 Å². The molecular formula is C14H20N2O3. The van der Waals surface area contributed by atoms with Gasteiger partial charge < -0.3 is 20.1 Å². The van der Waals surface area contributed by atoms with Crippen molar-refractivity contribution < 1.29 is 14.3 Å². The monoisotopic (exact) mass is 264 g/mol. The van der Waals surface area contributed by atoms with Crippen LogP contribution in [-0.2, 0) is 4.74 Å². The Kier molecular flexibility index (Phi) is 4.27. The predicted molar refractivity (Wildman–Crippen MR) is 73.3 cm³/mol. The Morgan fingerprint density at radius 1 is 1.37 bits per heavy atom. The number of anilines is 1. The second-order valence-corrected chi connectivity index (χ2v) is 4.88. The molecule has 0 atom stereocenters. The predicted octanol–water partition coefficient (Wildman–Crippen LogP) is 1.53. The summed E-state index contributed by atoms with van der Waals surface area (Å²) in [5.74, 6) is 0.575. The van der Waals surface area contributed by atoms with Crippen molar-refractivity contribution in [1.29, 1.82) is 0 Å². The molecule has 0 aliphatic carbocycles. The lowest BCUT2D eigenvalue weighted by molar-refractivity contribution is 0.0258. The topological polar surface area (TPSA) is 64.8 Å². The Morgan fingerprint density at radius 2 is 2.05 bits per heavy atom. The van der Waals surface area contributed by atoms with Crippen LogP contribution < -0.4 is 10.5 Å². The van der Waals surface area contributed by atoms with Crippen LogP contribution in [0.3, 0.4) is 0 Å². The average Bonchev–Trinajstić information content (AvgIpc) is 2.41. The second kappa shape index (κ2) is 5.93. The number of carbonyl (C=O) groups is 1. The molecular weight excluding hydrogens is 244 g/mol. The Labute approximate surface area is 113 Å². The number of carbonyl (C=O) groups excluding carboxylic acids is 1. The molecule has 5 nitrogen and oxygen atoms in total. The van der Waals surface area contributed by atoms with Gasteiger partial charge in [-0.15, -0.1) is 0 Å². The van der Waals surface area contributed by atoms with Crippen LogP contribution in [0.25, 0.3) is 0 Å². The molecule has 0 radical (unpaired) electrons. The highest BCUT2D eigenvalue weighted by molar-refractivity contribution is 5.95. The van der Waals surface area contributed by atoms with Crippen LogP contribution in [0.5, 0.6) is 5.75 Å². The van der Waals surface area contributed by atoms with Crippen molar-refractivity contribution in [2.24, 2.45) is 0 Å². The van der Waals surface area contributed by atoms with E-state index in [0.29, 0.717) is 17.0 Å². The number of nitrogen functional groups attached to an aromatic ring is 1. The van der Waals surface area contributed by atoms with Gasteiger partial charge in [0.1, 0.15) is 11.9 Å². The maximum absolute atomic E-state index is 11.8. The van der Waals surface area contributed by atoms with Crippen molar-refractivity contribution in [1.82, 2.24) is 4.90 Å². The molecule has 5 heteroatoms. The van der Waals surface area contributed by atoms with Crippen molar-refractivity contribution in [2.45, 2.75) is 18.9 Å². The first kappa shape index (κ1) is 13.7. The van der Waals surface area contributed by atoms with E-state index in [4.69, 9.17) is 15.2 Å². The van der Waals surface area contributed by atoms with Crippen LogP contribution >= 0.6 is 0 Å². The van der Waals surface area contributed by atoms with Crippen LogP contribution in [-0.4, -0.2) is 44.2 Å². The van der Waals surface area contributed by atoms with E-state index >= 15 is 0 Å². The molecule has 0 spiro atoms. The van der Waals surface area contributed by atoms with E-state index in [9.17, 15) is 4.79 Å². The number of amides is 1. The quantitative estimate of drug-likeness (QED) is 0.841. The molecule has 0 aromatic heterocycles. The SMILES string of the molecule is CN(C)C(=O)c1ccc(OC2CCOCC2)c(N)c1. The Hall–Kier alpha value is -1.75. The van der Waals surface area contributed by atoms with E-state index in [1.54, 1.807) is 32.3 Å². The van der Waals surface area contributed by atoms with Crippen LogP contribution in [0.2, 0.25) is 0 Å². The minimum atomic E-state index is -0.0654. The van der Waals surface area contributed by atoms with Crippen molar-refractivity contribution >= 4 is 11.6 Å². The number of hydrogen-bond donors (Lipinski definition) is 1. The Bertz CT molecular complexity index is 454. The first-order valence-electron chi connectivity index (χ1n) is 6.43. The Balaban J connectivity index is 2.08. The third kappa shape index (κ3) is 3.38. The van der Waals surface area contributed by atoms with Crippen molar-refractivity contribution in [3.8, 4) is 5.75 Å². The highest BCUT2D eigenvalue weighted by Gasteiger charge is 2.17. The highest BCUT2D eigenvalue weighted by Crippen LogP contribution is 2.26. The van der Waals surface area contributed by atoms with Gasteiger partial charge in [0.15, 0.2) is 0 Å². The maximum atomic E-state index is 11.8. The third-order valence-corrected chi connectivity index (χ3v) is 3.12. The summed E-state index contributed by atoms with van der Waals surface area (Å²) in [6.07, 6.45) is 1.89. The summed E-state index contributed by atoms with van der Waals surface area (Å²) in [6, 6.07) is 5.17. The zero-order valence-electron chi connectivity index (χ0n) is 11.4. The molecule has 2 N–H and O–H groups in total. The van der Waals surface area contributed by atoms with Crippen LogP contribution in [0.1, 0.15) is 23.2 Å². The largest absolute Gasteiger partial charge is 0.488 e. The molecule has 1 amide bonds. The third-order valence-electron chi connectivity index (χ3n) is 3.12. The van der Waals surface area contributed by atoms with Gasteiger partial charge in [0.2, 0.25) is 0 Å². The number of rotatable bonds is 3. The molecule has 0 bridgehead atoms. The van der Waals surface area contributed by atoms with Gasteiger partial charge in [-0.2, -0.15) is 0 Å². The number of nitrogens with zero attached hydrogens (tertiary/aromatic N) is 1. The highest BCUT2D eigenvalue weighted by atomic mass is 16.5. The maximum Gasteiger partial charge on any atom is 0.253 e. The smallest absolute Gasteiger partial charge is 0.253 e. The van der Waals surface area contributed by atoms with Crippen molar-refractivity contribution in [2.75, 3.05) is 33.0 Å². The van der Waals surface area contributed by atoms with Gasteiger partial charge in [0.25, 0.3) is 5.91 Å². The number of benzene rings is 1. The molecule has 0 saturated carbocycles. The van der Waals surface area contributed by atoms with Crippen LogP contribution in [0.15, 0.2) is 18.2 Å². The summed E-state index contributed by atoms with van der Waals surface area (Å²) in [7, 11) is 3.43. The number of hydrogen-bond acceptors (Lipinski definition) is 4. The van der Waals surface area contributed by atoms with E-state index in [2.05, 4.69) is 0 Å². The van der Waals surface area contributed by atoms with E-state index in [-0.39, 0.29) is 12.0 Å². The molecule has 0 unspecified atom stereocenters. The van der Waals surface area contributed by atoms with Gasteiger partial charge in [0.05, 0.1) is 18.9 Å². The molecule has 1 fully saturated rings. The van der Waals surface area contributed by atoms with E-state index in [0.717, 1.165) is 26.1 Å². The van der Waals surface area contributed by atoms with Gasteiger partial charge in [-0.05, 0) is 18.2 Å². The summed E-state index contributed by atoms with van der Waals surface area (Å²) in [5.41, 5.74) is 7.02. The molecule has 1 saturated heterocycles. The molecule has 2 rings (SSSR count). The van der Waals surface area contributed by atoms with Gasteiger partial charge in [0, 0.05) is 32.5 Å². The Morgan fingerprint density at radius 3 is 2.63 bits per heavy atom. The molecule has 1 aromatic carbocycles. The van der Waals surface area contributed by atoms with E-state index in [1.165, 1.54) is 4.90 Å². The molecule has 19 heavy (non-hydrogen) atoms. The van der Waals surface area contributed by atoms with E-state index in [1.807, 2.05) is 0 Å². The fraction of sp³-hybridized carbons (Fsp3) is 0.500. The van der Waals surface area contributed by atoms with E-state index < -0.39 is 0 Å². The summed E-state index contributed by atoms with van der Waals surface area (Å²) in [4.78, 5) is 13.3. The minimum Gasteiger partial charge on any atom is -0.488 e. The molecule has 1 aliphatic heterocycles. The molecule has 1 aromatic rings. The molecule has 1 aliphatic rings. The fourth-order valence-corrected chi connectivity index (χ4v) is 2.02. The summed E-state index contributed by atoms with van der Waals surface area (Å²) >= 11 is 0. The zero-order chi connectivity index (χ0) is 13.8. The standard InChI is InChI=1S/C14H20N2O3/c1-16(2)14(17)10-3-4-13(12(15)9-10)19-11-5-7-18-8-6-11/h3-4,9,11H,5-8,15H2,1-2H3. The summed E-state index contributed by atoms with van der Waals surface area (Å²) in [5, 5.41) is 0. The zero-order valence-corrected chi connectivity index (χ0v) is 11.4. The van der Waals surface area contributed by atoms with Crippen molar-refractivity contribution in [3.63, 3.8) is 0 Å². The molecule has 1 heterocycles. The normalized spacial score (nSPS) is 16.1. The van der Waals surface area contributed by atoms with Gasteiger partial charge in [-0.25, -0.2) is 0 Å². The number of ether oxygens (including phenoxy) is 2. The lowest BCUT2D eigenvalue weighted by Gasteiger charge is -2.24. The van der Waals surface area contributed by atoms with Crippen LogP contribution in [0, 0.1) is 0 Å². The minimum absolute atomic E-state index is 0.0654. The second-order valence-electron chi connectivity index (χ2n) is 4.88. The van der Waals surface area contributed by atoms with Gasteiger partial charge in [-0.3, -0.25) is 4.79 Å². The lowest BCUT2D eigenvalue weighted by Crippen LogP contribution is -2.26. The fourth-order valence-electron chi connectivity index (χ4n) is 2.02. The summed E-state index contributed by atoms with van der Waals surface area (Å²) < 4.78 is 11.1. The van der Waals surface area contributed by atoms with Crippen LogP contribution in [0.4, 0.5) is 5.69 Å². The first-order chi connectivity index (χ1) is 9.08. The van der Waals surface area contributed by atoms with Gasteiger partial charge >= 0.3 is 0 Å². The summed E-state index contributed by atoms with van der Waals surface area (Å²) in [6.45, 7) is 1.45. The lowest BCUT2D eigenvalue weighted by atomic mass is 10.1. The first-order valence-corrected chi connectivity index (χ1v) is 6.43. The van der Waals surface area contributed by atoms with Gasteiger partial charge in [-0.1, -0.05) is 0 Å².